The summed E-state index contributed by atoms with van der Waals surface area (Å²) in [5.41, 5.74) is 0.421. The summed E-state index contributed by atoms with van der Waals surface area (Å²) in [6.45, 7) is 3.90. The molecule has 2 aromatic rings. The van der Waals surface area contributed by atoms with Crippen LogP contribution in [0, 0.1) is 0 Å². The van der Waals surface area contributed by atoms with Crippen LogP contribution >= 0.6 is 0 Å². The van der Waals surface area contributed by atoms with E-state index >= 15 is 0 Å². The molecule has 2 heterocycles. The maximum absolute atomic E-state index is 13.4. The second kappa shape index (κ2) is 7.18. The highest BCUT2D eigenvalue weighted by molar-refractivity contribution is 7.89. The maximum Gasteiger partial charge on any atom is 0.243 e. The van der Waals surface area contributed by atoms with Gasteiger partial charge in [-0.05, 0) is 68.5 Å². The first kappa shape index (κ1) is 18.9. The van der Waals surface area contributed by atoms with Crippen LogP contribution in [0.15, 0.2) is 60.3 Å². The van der Waals surface area contributed by atoms with Gasteiger partial charge in [0.25, 0.3) is 0 Å². The molecule has 148 valence electrons. The summed E-state index contributed by atoms with van der Waals surface area (Å²) in [4.78, 5) is 12.0. The van der Waals surface area contributed by atoms with Crippen molar-refractivity contribution in [2.24, 2.45) is 0 Å². The van der Waals surface area contributed by atoms with Crippen molar-refractivity contribution in [3.05, 3.63) is 55.4 Å². The minimum atomic E-state index is -3.60. The van der Waals surface area contributed by atoms with Crippen molar-refractivity contribution in [1.29, 1.82) is 0 Å². The molecule has 4 rings (SSSR count). The second-order valence-electron chi connectivity index (χ2n) is 7.50. The van der Waals surface area contributed by atoms with E-state index in [0.717, 1.165) is 24.9 Å². The Balaban J connectivity index is 1.57. The normalized spacial score (nSPS) is 21.8. The van der Waals surface area contributed by atoms with Gasteiger partial charge >= 0.3 is 0 Å². The average molecular weight is 401 g/mol. The molecule has 1 aliphatic heterocycles. The molecule has 1 spiro atoms. The van der Waals surface area contributed by atoms with Gasteiger partial charge in [0.1, 0.15) is 0 Å². The van der Waals surface area contributed by atoms with Crippen LogP contribution in [0.1, 0.15) is 32.1 Å². The van der Waals surface area contributed by atoms with Gasteiger partial charge in [-0.1, -0.05) is 6.58 Å². The Morgan fingerprint density at radius 3 is 2.61 bits per heavy atom. The quantitative estimate of drug-likeness (QED) is 0.780. The van der Waals surface area contributed by atoms with Crippen LogP contribution < -0.4 is 5.32 Å². The fraction of sp³-hybridized carbons (Fsp3) is 0.400. The van der Waals surface area contributed by atoms with E-state index in [1.54, 1.807) is 39.4 Å². The minimum Gasteiger partial charge on any atom is -0.350 e. The summed E-state index contributed by atoms with van der Waals surface area (Å²) in [5.74, 6) is -0.204. The number of hydrogen-bond donors (Lipinski definition) is 1. The molecule has 1 amide bonds. The molecule has 1 N–H and O–H groups in total. The van der Waals surface area contributed by atoms with E-state index in [-0.39, 0.29) is 11.9 Å². The molecule has 1 saturated carbocycles. The van der Waals surface area contributed by atoms with Gasteiger partial charge in [0.2, 0.25) is 15.9 Å². The molecule has 7 nitrogen and oxygen atoms in total. The third kappa shape index (κ3) is 3.27. The summed E-state index contributed by atoms with van der Waals surface area (Å²) in [5, 5.41) is 7.11. The van der Waals surface area contributed by atoms with E-state index in [4.69, 9.17) is 0 Å². The molecule has 1 atom stereocenters. The van der Waals surface area contributed by atoms with Crippen molar-refractivity contribution in [1.82, 2.24) is 19.4 Å². The predicted octanol–water partition coefficient (Wildman–Crippen LogP) is 2.25. The van der Waals surface area contributed by atoms with Crippen molar-refractivity contribution in [3.63, 3.8) is 0 Å². The van der Waals surface area contributed by atoms with E-state index in [1.165, 1.54) is 6.08 Å². The number of carbonyl (C=O) groups is 1. The molecule has 28 heavy (non-hydrogen) atoms. The predicted molar refractivity (Wildman–Crippen MR) is 105 cm³/mol. The Bertz CT molecular complexity index is 963. The number of sulfonamides is 1. The van der Waals surface area contributed by atoms with Crippen molar-refractivity contribution in [2.75, 3.05) is 6.54 Å². The first-order chi connectivity index (χ1) is 13.4. The molecular weight excluding hydrogens is 376 g/mol. The highest BCUT2D eigenvalue weighted by atomic mass is 32.2. The lowest BCUT2D eigenvalue weighted by atomic mass is 9.70. The van der Waals surface area contributed by atoms with Crippen LogP contribution in [0.3, 0.4) is 0 Å². The van der Waals surface area contributed by atoms with Crippen molar-refractivity contribution >= 4 is 15.9 Å². The van der Waals surface area contributed by atoms with Gasteiger partial charge in [-0.3, -0.25) is 4.79 Å². The zero-order valence-electron chi connectivity index (χ0n) is 15.6. The first-order valence-electron chi connectivity index (χ1n) is 9.50. The van der Waals surface area contributed by atoms with Gasteiger partial charge in [0.15, 0.2) is 0 Å². The average Bonchev–Trinajstić information content (AvgIpc) is 3.21. The standard InChI is InChI=1S/C20H24N4O3S/c1-2-19(25)22-16-9-14-24(20(15-16)10-3-11-20)28(26,27)18-7-5-17(6-8-18)23-13-4-12-21-23/h2,4-8,12-13,16H,1,3,9-11,14-15H2,(H,22,25). The molecule has 2 fully saturated rings. The Kier molecular flexibility index (Phi) is 4.84. The Morgan fingerprint density at radius 1 is 1.29 bits per heavy atom. The Hall–Kier alpha value is -2.45. The van der Waals surface area contributed by atoms with E-state index in [2.05, 4.69) is 17.0 Å². The zero-order chi connectivity index (χ0) is 19.8. The number of amides is 1. The first-order valence-corrected chi connectivity index (χ1v) is 10.9. The van der Waals surface area contributed by atoms with E-state index < -0.39 is 15.6 Å². The third-order valence-corrected chi connectivity index (χ3v) is 7.86. The van der Waals surface area contributed by atoms with Crippen LogP contribution in [0.4, 0.5) is 0 Å². The molecule has 1 unspecified atom stereocenters. The monoisotopic (exact) mass is 400 g/mol. The molecule has 1 aromatic carbocycles. The van der Waals surface area contributed by atoms with E-state index in [9.17, 15) is 13.2 Å². The topological polar surface area (TPSA) is 84.3 Å². The number of piperidine rings is 1. The minimum absolute atomic E-state index is 0.0144. The van der Waals surface area contributed by atoms with Gasteiger partial charge in [0.05, 0.1) is 10.6 Å². The number of hydrogen-bond acceptors (Lipinski definition) is 4. The lowest BCUT2D eigenvalue weighted by molar-refractivity contribution is -0.117. The van der Waals surface area contributed by atoms with Crippen molar-refractivity contribution < 1.29 is 13.2 Å². The fourth-order valence-electron chi connectivity index (χ4n) is 4.29. The number of nitrogens with zero attached hydrogens (tertiary/aromatic N) is 3. The summed E-state index contributed by atoms with van der Waals surface area (Å²) >= 11 is 0. The van der Waals surface area contributed by atoms with Crippen LogP contribution in [0.25, 0.3) is 5.69 Å². The molecular formula is C20H24N4O3S. The number of aromatic nitrogens is 2. The van der Waals surface area contributed by atoms with Crippen molar-refractivity contribution in [3.8, 4) is 5.69 Å². The number of nitrogens with one attached hydrogen (secondary N) is 1. The van der Waals surface area contributed by atoms with Crippen LogP contribution in [-0.2, 0) is 14.8 Å². The Labute approximate surface area is 165 Å². The molecule has 8 heteroatoms. The largest absolute Gasteiger partial charge is 0.350 e. The highest BCUT2D eigenvalue weighted by Crippen LogP contribution is 2.46. The number of rotatable bonds is 5. The maximum atomic E-state index is 13.4. The molecule has 1 aliphatic carbocycles. The molecule has 1 aromatic heterocycles. The van der Waals surface area contributed by atoms with Crippen LogP contribution in [0.2, 0.25) is 0 Å². The summed E-state index contributed by atoms with van der Waals surface area (Å²) in [6.07, 6.45) is 8.68. The summed E-state index contributed by atoms with van der Waals surface area (Å²) < 4.78 is 30.1. The van der Waals surface area contributed by atoms with E-state index in [1.807, 2.05) is 12.3 Å². The lowest BCUT2D eigenvalue weighted by Gasteiger charge is -2.54. The van der Waals surface area contributed by atoms with Gasteiger partial charge in [0, 0.05) is 30.5 Å². The lowest BCUT2D eigenvalue weighted by Crippen LogP contribution is -2.63. The molecule has 2 aliphatic rings. The van der Waals surface area contributed by atoms with Gasteiger partial charge in [-0.2, -0.15) is 9.40 Å². The van der Waals surface area contributed by atoms with Crippen molar-refractivity contribution in [2.45, 2.75) is 48.6 Å². The van der Waals surface area contributed by atoms with Gasteiger partial charge in [-0.25, -0.2) is 13.1 Å². The smallest absolute Gasteiger partial charge is 0.243 e. The SMILES string of the molecule is C=CC(=O)NC1CCN(S(=O)(=O)c2ccc(-n3cccn3)cc2)C2(CCC2)C1. The number of carbonyl (C=O) groups excluding carboxylic acids is 1. The molecule has 0 bridgehead atoms. The van der Waals surface area contributed by atoms with E-state index in [0.29, 0.717) is 24.3 Å². The fourth-order valence-corrected chi connectivity index (χ4v) is 6.14. The van der Waals surface area contributed by atoms with Crippen LogP contribution in [-0.4, -0.2) is 46.5 Å². The highest BCUT2D eigenvalue weighted by Gasteiger charge is 2.51. The van der Waals surface area contributed by atoms with Gasteiger partial charge in [-0.15, -0.1) is 0 Å². The number of benzene rings is 1. The zero-order valence-corrected chi connectivity index (χ0v) is 16.4. The van der Waals surface area contributed by atoms with Crippen LogP contribution in [0.5, 0.6) is 0 Å². The second-order valence-corrected chi connectivity index (χ2v) is 9.36. The Morgan fingerprint density at radius 2 is 2.04 bits per heavy atom. The molecule has 1 saturated heterocycles. The van der Waals surface area contributed by atoms with Gasteiger partial charge < -0.3 is 5.32 Å². The third-order valence-electron chi connectivity index (χ3n) is 5.85. The molecule has 0 radical (unpaired) electrons. The summed E-state index contributed by atoms with van der Waals surface area (Å²) in [7, 11) is -3.60. The summed E-state index contributed by atoms with van der Waals surface area (Å²) in [6, 6.07) is 8.63.